The van der Waals surface area contributed by atoms with Gasteiger partial charge in [0.2, 0.25) is 0 Å². The van der Waals surface area contributed by atoms with Crippen LogP contribution in [-0.4, -0.2) is 0 Å². The first-order chi connectivity index (χ1) is 23.4. The van der Waals surface area contributed by atoms with Gasteiger partial charge in [-0.3, -0.25) is 0 Å². The van der Waals surface area contributed by atoms with Crippen molar-refractivity contribution in [1.82, 2.24) is 0 Å². The van der Waals surface area contributed by atoms with Crippen LogP contribution in [0.25, 0.3) is 0 Å². The van der Waals surface area contributed by atoms with Gasteiger partial charge < -0.3 is 11.5 Å². The average molecular weight is 643 g/mol. The molecule has 1 aliphatic rings. The molecule has 5 rings (SSSR count). The quantitative estimate of drug-likeness (QED) is 0.0889. The van der Waals surface area contributed by atoms with E-state index < -0.39 is 0 Å². The first kappa shape index (κ1) is 35.8. The number of anilines is 2. The summed E-state index contributed by atoms with van der Waals surface area (Å²) in [6, 6.07) is 36.0. The van der Waals surface area contributed by atoms with Gasteiger partial charge in [0.25, 0.3) is 0 Å². The summed E-state index contributed by atoms with van der Waals surface area (Å²) in [5.74, 6) is 1.53. The molecule has 0 aliphatic heterocycles. The highest BCUT2D eigenvalue weighted by molar-refractivity contribution is 5.47. The minimum absolute atomic E-state index is 0.0697. The topological polar surface area (TPSA) is 52.0 Å². The average Bonchev–Trinajstić information content (AvgIpc) is 3.13. The molecular weight excluding hydrogens is 581 g/mol. The molecule has 0 radical (unpaired) electrons. The van der Waals surface area contributed by atoms with Crippen LogP contribution in [0.2, 0.25) is 0 Å². The Bertz CT molecular complexity index is 1380. The van der Waals surface area contributed by atoms with Gasteiger partial charge in [0, 0.05) is 28.6 Å². The zero-order chi connectivity index (χ0) is 33.8. The van der Waals surface area contributed by atoms with Crippen LogP contribution in [0.5, 0.6) is 0 Å². The summed E-state index contributed by atoms with van der Waals surface area (Å²) in [6.07, 6.45) is 20.7. The Morgan fingerprint density at radius 1 is 0.500 bits per heavy atom. The molecule has 0 heterocycles. The Morgan fingerprint density at radius 2 is 0.833 bits per heavy atom. The Balaban J connectivity index is 1.26. The van der Waals surface area contributed by atoms with Crippen LogP contribution < -0.4 is 11.5 Å². The van der Waals surface area contributed by atoms with Crippen molar-refractivity contribution in [3.05, 3.63) is 130 Å². The third-order valence-electron chi connectivity index (χ3n) is 11.7. The molecule has 2 unspecified atom stereocenters. The van der Waals surface area contributed by atoms with E-state index in [4.69, 9.17) is 11.5 Å². The number of hydrogen-bond acceptors (Lipinski definition) is 2. The Hall–Kier alpha value is -3.52. The first-order valence-electron chi connectivity index (χ1n) is 19.3. The van der Waals surface area contributed by atoms with Crippen LogP contribution in [0.1, 0.15) is 162 Å². The number of hydrogen-bond donors (Lipinski definition) is 2. The summed E-state index contributed by atoms with van der Waals surface area (Å²) in [7, 11) is 0. The van der Waals surface area contributed by atoms with Crippen molar-refractivity contribution in [1.29, 1.82) is 0 Å². The third kappa shape index (κ3) is 9.34. The Labute approximate surface area is 292 Å². The van der Waals surface area contributed by atoms with Crippen LogP contribution >= 0.6 is 0 Å². The van der Waals surface area contributed by atoms with Gasteiger partial charge in [-0.1, -0.05) is 164 Å². The predicted molar refractivity (Wildman–Crippen MR) is 209 cm³/mol. The lowest BCUT2D eigenvalue weighted by atomic mass is 9.62. The lowest BCUT2D eigenvalue weighted by molar-refractivity contribution is 0.250. The highest BCUT2D eigenvalue weighted by atomic mass is 14.5. The van der Waals surface area contributed by atoms with Crippen LogP contribution in [0.4, 0.5) is 11.4 Å². The van der Waals surface area contributed by atoms with Gasteiger partial charge >= 0.3 is 0 Å². The van der Waals surface area contributed by atoms with Crippen molar-refractivity contribution >= 4 is 11.4 Å². The molecule has 0 spiro atoms. The fraction of sp³-hybridized carbons (Fsp3) is 0.478. The van der Waals surface area contributed by atoms with Crippen molar-refractivity contribution in [2.75, 3.05) is 11.5 Å². The van der Waals surface area contributed by atoms with Gasteiger partial charge in [-0.15, -0.1) is 0 Å². The van der Waals surface area contributed by atoms with Crippen molar-refractivity contribution < 1.29 is 0 Å². The van der Waals surface area contributed by atoms with E-state index in [1.165, 1.54) is 130 Å². The van der Waals surface area contributed by atoms with Crippen LogP contribution in [-0.2, 0) is 5.41 Å². The van der Waals surface area contributed by atoms with Crippen LogP contribution in [0.3, 0.4) is 0 Å². The Morgan fingerprint density at radius 3 is 1.21 bits per heavy atom. The molecule has 2 atom stereocenters. The van der Waals surface area contributed by atoms with Crippen molar-refractivity contribution in [2.24, 2.45) is 5.92 Å². The number of unbranched alkanes of at least 4 members (excludes halogenated alkanes) is 9. The van der Waals surface area contributed by atoms with Gasteiger partial charge in [-0.25, -0.2) is 0 Å². The minimum atomic E-state index is 0.0697. The molecular formula is C46H62N2. The molecule has 2 heteroatoms. The molecule has 1 aliphatic carbocycles. The van der Waals surface area contributed by atoms with Gasteiger partial charge in [-0.05, 0) is 89.2 Å². The largest absolute Gasteiger partial charge is 0.399 e. The molecule has 0 aromatic heterocycles. The summed E-state index contributed by atoms with van der Waals surface area (Å²) in [5.41, 5.74) is 22.0. The van der Waals surface area contributed by atoms with E-state index in [-0.39, 0.29) is 5.41 Å². The second-order valence-electron chi connectivity index (χ2n) is 15.0. The number of rotatable bonds is 17. The van der Waals surface area contributed by atoms with Crippen LogP contribution in [0, 0.1) is 5.92 Å². The summed E-state index contributed by atoms with van der Waals surface area (Å²) in [4.78, 5) is 0. The summed E-state index contributed by atoms with van der Waals surface area (Å²) in [6.45, 7) is 6.91. The zero-order valence-electron chi connectivity index (χ0n) is 30.2. The SMILES string of the molecule is CCCCCCCCCCCCC1CCC(c2ccc(C(C)c3ccc(N)cc3)cc2)(c2ccc(C(C)c3ccc(N)cc3)cc2)CC1. The predicted octanol–water partition coefficient (Wildman–Crippen LogP) is 12.9. The molecule has 4 N–H and O–H groups in total. The fourth-order valence-corrected chi connectivity index (χ4v) is 8.26. The zero-order valence-corrected chi connectivity index (χ0v) is 30.2. The van der Waals surface area contributed by atoms with E-state index in [1.807, 2.05) is 24.3 Å². The standard InChI is InChI=1S/C46H62N2/c1-4-5-6-7-8-9-10-11-12-13-14-37-31-33-46(34-32-37,42-23-15-38(16-24-42)35(2)40-19-27-44(47)28-20-40)43-25-17-39(18-26-43)36(3)41-21-29-45(48)30-22-41/h15-30,35-37H,4-14,31-34,47-48H2,1-3H3. The fourth-order valence-electron chi connectivity index (χ4n) is 8.26. The van der Waals surface area contributed by atoms with E-state index in [0.717, 1.165) is 17.3 Å². The van der Waals surface area contributed by atoms with Crippen LogP contribution in [0.15, 0.2) is 97.1 Å². The molecule has 2 nitrogen and oxygen atoms in total. The molecule has 1 saturated carbocycles. The van der Waals surface area contributed by atoms with E-state index in [9.17, 15) is 0 Å². The summed E-state index contributed by atoms with van der Waals surface area (Å²) in [5, 5.41) is 0. The highest BCUT2D eigenvalue weighted by Crippen LogP contribution is 2.48. The number of nitrogen functional groups attached to an aromatic ring is 2. The number of nitrogens with two attached hydrogens (primary N) is 2. The van der Waals surface area contributed by atoms with Crippen molar-refractivity contribution in [3.8, 4) is 0 Å². The molecule has 0 bridgehead atoms. The van der Waals surface area contributed by atoms with Crippen molar-refractivity contribution in [3.63, 3.8) is 0 Å². The maximum absolute atomic E-state index is 5.97. The smallest absolute Gasteiger partial charge is 0.0314 e. The first-order valence-corrected chi connectivity index (χ1v) is 19.3. The summed E-state index contributed by atoms with van der Waals surface area (Å²) < 4.78 is 0. The second kappa shape index (κ2) is 17.8. The second-order valence-corrected chi connectivity index (χ2v) is 15.0. The monoisotopic (exact) mass is 642 g/mol. The Kier molecular flexibility index (Phi) is 13.2. The molecule has 48 heavy (non-hydrogen) atoms. The van der Waals surface area contributed by atoms with Gasteiger partial charge in [-0.2, -0.15) is 0 Å². The molecule has 0 saturated heterocycles. The molecule has 0 amide bonds. The highest BCUT2D eigenvalue weighted by Gasteiger charge is 2.38. The van der Waals surface area contributed by atoms with E-state index in [1.54, 1.807) is 0 Å². The van der Waals surface area contributed by atoms with E-state index in [2.05, 4.69) is 93.6 Å². The van der Waals surface area contributed by atoms with Crippen molar-refractivity contribution in [2.45, 2.75) is 134 Å². The van der Waals surface area contributed by atoms with Gasteiger partial charge in [0.1, 0.15) is 0 Å². The number of benzene rings is 4. The minimum Gasteiger partial charge on any atom is -0.399 e. The van der Waals surface area contributed by atoms with E-state index >= 15 is 0 Å². The molecule has 4 aromatic rings. The maximum Gasteiger partial charge on any atom is 0.0314 e. The van der Waals surface area contributed by atoms with E-state index in [0.29, 0.717) is 11.8 Å². The summed E-state index contributed by atoms with van der Waals surface area (Å²) >= 11 is 0. The maximum atomic E-state index is 5.97. The molecule has 4 aromatic carbocycles. The van der Waals surface area contributed by atoms with Gasteiger partial charge in [0.05, 0.1) is 0 Å². The normalized spacial score (nSPS) is 19.2. The third-order valence-corrected chi connectivity index (χ3v) is 11.7. The van der Waals surface area contributed by atoms with Gasteiger partial charge in [0.15, 0.2) is 0 Å². The lowest BCUT2D eigenvalue weighted by Crippen LogP contribution is -2.33. The molecule has 1 fully saturated rings. The lowest BCUT2D eigenvalue weighted by Gasteiger charge is -2.42. The molecule has 256 valence electrons.